The Morgan fingerprint density at radius 3 is 1.52 bits per heavy atom. The molecule has 3 heterocycles. The monoisotopic (exact) mass is 612 g/mol. The van der Waals surface area contributed by atoms with Gasteiger partial charge in [0.15, 0.2) is 18.9 Å². The van der Waals surface area contributed by atoms with Crippen LogP contribution in [0, 0.1) is 5.92 Å². The van der Waals surface area contributed by atoms with E-state index in [1.807, 2.05) is 0 Å². The van der Waals surface area contributed by atoms with Crippen LogP contribution in [0.3, 0.4) is 0 Å². The van der Waals surface area contributed by atoms with Crippen LogP contribution in [0.25, 0.3) is 0 Å². The number of nitrogens with two attached hydrogens (primary N) is 6. The first-order valence-corrected chi connectivity index (χ1v) is 14.2. The van der Waals surface area contributed by atoms with E-state index in [2.05, 4.69) is 0 Å². The summed E-state index contributed by atoms with van der Waals surface area (Å²) in [7, 11) is 0. The summed E-state index contributed by atoms with van der Waals surface area (Å²) in [5.74, 6) is -0.604. The summed E-state index contributed by atoms with van der Waals surface area (Å²) in [6.07, 6.45) is -16.0. The van der Waals surface area contributed by atoms with Crippen molar-refractivity contribution in [2.45, 2.75) is 124 Å². The predicted octanol–water partition coefficient (Wildman–Crippen LogP) is -7.62. The van der Waals surface area contributed by atoms with Gasteiger partial charge in [-0.15, -0.1) is 0 Å². The van der Waals surface area contributed by atoms with Crippen molar-refractivity contribution in [3.05, 3.63) is 0 Å². The standard InChI is InChI=1S/C24H48N6O12/c1-6-19(40-23-12(29)17(35)15(33)9(3-25)37-23)11(5-31)39-22(6)42-21-14(32)7(27)2-8(28)20(21)41-24-13(30)18(36)16(34)10(4-26)38-24/h6-24,31-36H,2-5,25-30H2,1H3. The van der Waals surface area contributed by atoms with Gasteiger partial charge in [-0.2, -0.15) is 0 Å². The molecule has 1 aliphatic carbocycles. The highest BCUT2D eigenvalue weighted by Crippen LogP contribution is 2.36. The van der Waals surface area contributed by atoms with Gasteiger partial charge in [0.2, 0.25) is 0 Å². The van der Waals surface area contributed by atoms with Gasteiger partial charge in [-0.05, 0) is 6.42 Å². The molecule has 0 aromatic heterocycles. The SMILES string of the molecule is CC1C(OC2C(O)C(N)CC(N)C2OC2OC(CN)C(O)C(O)C2N)OC(CO)C1OC1OC(CN)C(O)C(O)C1N. The lowest BCUT2D eigenvalue weighted by atomic mass is 9.84. The second-order valence-electron chi connectivity index (χ2n) is 11.6. The van der Waals surface area contributed by atoms with Crippen molar-refractivity contribution in [1.29, 1.82) is 0 Å². The Balaban J connectivity index is 1.50. The molecule has 3 saturated heterocycles. The molecule has 42 heavy (non-hydrogen) atoms. The Kier molecular flexibility index (Phi) is 11.5. The summed E-state index contributed by atoms with van der Waals surface area (Å²) in [5.41, 5.74) is 36.0. The first-order chi connectivity index (χ1) is 19.8. The number of rotatable bonds is 9. The van der Waals surface area contributed by atoms with Gasteiger partial charge in [-0.25, -0.2) is 0 Å². The zero-order chi connectivity index (χ0) is 31.0. The zero-order valence-electron chi connectivity index (χ0n) is 23.4. The van der Waals surface area contributed by atoms with Gasteiger partial charge in [-0.1, -0.05) is 6.92 Å². The van der Waals surface area contributed by atoms with Crippen molar-refractivity contribution in [2.75, 3.05) is 19.7 Å². The summed E-state index contributed by atoms with van der Waals surface area (Å²) in [5, 5.41) is 62.2. The number of hydrogen-bond donors (Lipinski definition) is 12. The maximum Gasteiger partial charge on any atom is 0.176 e. The molecule has 0 aromatic rings. The molecule has 0 amide bonds. The van der Waals surface area contributed by atoms with E-state index in [4.69, 9.17) is 62.8 Å². The van der Waals surface area contributed by atoms with Crippen LogP contribution in [0.2, 0.25) is 0 Å². The van der Waals surface area contributed by atoms with Gasteiger partial charge in [0, 0.05) is 31.1 Å². The number of aliphatic hydroxyl groups is 6. The summed E-state index contributed by atoms with van der Waals surface area (Å²) >= 11 is 0. The predicted molar refractivity (Wildman–Crippen MR) is 142 cm³/mol. The second-order valence-corrected chi connectivity index (χ2v) is 11.6. The highest BCUT2D eigenvalue weighted by molar-refractivity contribution is 5.02. The van der Waals surface area contributed by atoms with Crippen molar-refractivity contribution >= 4 is 0 Å². The topological polar surface area (TPSA) is 333 Å². The molecule has 19 atom stereocenters. The molecule has 1 saturated carbocycles. The fourth-order valence-corrected chi connectivity index (χ4v) is 5.99. The van der Waals surface area contributed by atoms with E-state index >= 15 is 0 Å². The largest absolute Gasteiger partial charge is 0.394 e. The van der Waals surface area contributed by atoms with Crippen LogP contribution in [-0.4, -0.2) is 161 Å². The van der Waals surface area contributed by atoms with Gasteiger partial charge < -0.3 is 93.5 Å². The Labute approximate surface area is 243 Å². The van der Waals surface area contributed by atoms with E-state index in [1.165, 1.54) is 0 Å². The van der Waals surface area contributed by atoms with Crippen LogP contribution < -0.4 is 34.4 Å². The molecule has 4 fully saturated rings. The molecule has 0 spiro atoms. The molecule has 0 aromatic carbocycles. The van der Waals surface area contributed by atoms with Crippen molar-refractivity contribution in [3.8, 4) is 0 Å². The minimum absolute atomic E-state index is 0.103. The Morgan fingerprint density at radius 1 is 0.595 bits per heavy atom. The molecule has 0 radical (unpaired) electrons. The molecule has 19 unspecified atom stereocenters. The number of ether oxygens (including phenoxy) is 6. The molecule has 18 heteroatoms. The van der Waals surface area contributed by atoms with Crippen LogP contribution >= 0.6 is 0 Å². The highest BCUT2D eigenvalue weighted by Gasteiger charge is 2.53. The lowest BCUT2D eigenvalue weighted by Crippen LogP contribution is -2.68. The molecule has 246 valence electrons. The van der Waals surface area contributed by atoms with Crippen molar-refractivity contribution in [2.24, 2.45) is 40.3 Å². The van der Waals surface area contributed by atoms with Gasteiger partial charge >= 0.3 is 0 Å². The average Bonchev–Trinajstić information content (AvgIpc) is 3.27. The summed E-state index contributed by atoms with van der Waals surface area (Å²) in [6, 6.07) is -3.86. The lowest BCUT2D eigenvalue weighted by Gasteiger charge is -2.47. The van der Waals surface area contributed by atoms with Crippen molar-refractivity contribution in [3.63, 3.8) is 0 Å². The fourth-order valence-electron chi connectivity index (χ4n) is 5.99. The maximum absolute atomic E-state index is 11.1. The minimum Gasteiger partial charge on any atom is -0.394 e. The molecule has 4 aliphatic rings. The molecule has 18 nitrogen and oxygen atoms in total. The third-order valence-electron chi connectivity index (χ3n) is 8.70. The van der Waals surface area contributed by atoms with E-state index in [-0.39, 0.29) is 19.5 Å². The first kappa shape index (κ1) is 34.2. The zero-order valence-corrected chi connectivity index (χ0v) is 23.4. The molecule has 4 rings (SSSR count). The molecule has 0 bridgehead atoms. The van der Waals surface area contributed by atoms with E-state index in [9.17, 15) is 30.6 Å². The third kappa shape index (κ3) is 6.62. The van der Waals surface area contributed by atoms with Crippen LogP contribution in [0.4, 0.5) is 0 Å². The Bertz CT molecular complexity index is 867. The normalized spacial score (nSPS) is 53.8. The summed E-state index contributed by atoms with van der Waals surface area (Å²) in [4.78, 5) is 0. The lowest BCUT2D eigenvalue weighted by molar-refractivity contribution is -0.304. The van der Waals surface area contributed by atoms with Crippen LogP contribution in [-0.2, 0) is 28.4 Å². The van der Waals surface area contributed by atoms with Gasteiger partial charge in [-0.3, -0.25) is 0 Å². The van der Waals surface area contributed by atoms with Crippen LogP contribution in [0.5, 0.6) is 0 Å². The first-order valence-electron chi connectivity index (χ1n) is 14.2. The quantitative estimate of drug-likeness (QED) is 0.115. The molecule has 18 N–H and O–H groups in total. The highest BCUT2D eigenvalue weighted by atomic mass is 16.7. The third-order valence-corrected chi connectivity index (χ3v) is 8.70. The average molecular weight is 613 g/mol. The smallest absolute Gasteiger partial charge is 0.176 e. The number of aliphatic hydroxyl groups excluding tert-OH is 6. The van der Waals surface area contributed by atoms with E-state index < -0.39 is 123 Å². The second kappa shape index (κ2) is 14.1. The maximum atomic E-state index is 11.1. The molecular formula is C24H48N6O12. The minimum atomic E-state index is -1.41. The van der Waals surface area contributed by atoms with Gasteiger partial charge in [0.1, 0.15) is 54.9 Å². The Morgan fingerprint density at radius 2 is 1.05 bits per heavy atom. The van der Waals surface area contributed by atoms with Crippen molar-refractivity contribution in [1.82, 2.24) is 0 Å². The Hall–Kier alpha value is -0.720. The molecular weight excluding hydrogens is 564 g/mol. The summed E-state index contributed by atoms with van der Waals surface area (Å²) < 4.78 is 35.6. The van der Waals surface area contributed by atoms with Crippen LogP contribution in [0.1, 0.15) is 13.3 Å². The summed E-state index contributed by atoms with van der Waals surface area (Å²) in [6.45, 7) is 0.997. The number of hydrogen-bond acceptors (Lipinski definition) is 18. The van der Waals surface area contributed by atoms with Gasteiger partial charge in [0.25, 0.3) is 0 Å². The van der Waals surface area contributed by atoms with E-state index in [0.29, 0.717) is 0 Å². The van der Waals surface area contributed by atoms with Crippen LogP contribution in [0.15, 0.2) is 0 Å². The van der Waals surface area contributed by atoms with Gasteiger partial charge in [0.05, 0.1) is 30.9 Å². The fraction of sp³-hybridized carbons (Fsp3) is 1.00. The molecule has 3 aliphatic heterocycles. The van der Waals surface area contributed by atoms with E-state index in [0.717, 1.165) is 0 Å². The van der Waals surface area contributed by atoms with E-state index in [1.54, 1.807) is 6.92 Å². The van der Waals surface area contributed by atoms with Crippen molar-refractivity contribution < 1.29 is 59.1 Å².